The fraction of sp³-hybridized carbons (Fsp3) is 0.562. The number of hydrogen-bond acceptors (Lipinski definition) is 4. The van der Waals surface area contributed by atoms with Crippen LogP contribution in [-0.4, -0.2) is 46.1 Å². The highest BCUT2D eigenvalue weighted by Gasteiger charge is 2.39. The van der Waals surface area contributed by atoms with E-state index in [0.717, 1.165) is 0 Å². The van der Waals surface area contributed by atoms with Crippen LogP contribution in [0.1, 0.15) is 44.0 Å². The fourth-order valence-corrected chi connectivity index (χ4v) is 2.59. The van der Waals surface area contributed by atoms with Crippen LogP contribution in [0.15, 0.2) is 18.3 Å². The number of piperidine rings is 1. The Bertz CT molecular complexity index is 556. The maximum Gasteiger partial charge on any atom is 0.311 e. The number of nitrogens with zero attached hydrogens (tertiary/aromatic N) is 2. The van der Waals surface area contributed by atoms with Gasteiger partial charge < -0.3 is 14.7 Å². The largest absolute Gasteiger partial charge is 0.481 e. The van der Waals surface area contributed by atoms with Gasteiger partial charge in [-0.25, -0.2) is 4.98 Å². The van der Waals surface area contributed by atoms with Gasteiger partial charge >= 0.3 is 5.97 Å². The lowest BCUT2D eigenvalue weighted by atomic mass is 9.82. The standard InChI is InChI=1S/C16H22N2O4/c1-11(2)22-13-6-5-12(9-17-13)14(19)18-8-4-7-16(3,10-18)15(20)21/h5-6,9,11H,4,7-8,10H2,1-3H3,(H,20,21). The van der Waals surface area contributed by atoms with Gasteiger partial charge in [-0.05, 0) is 39.7 Å². The second-order valence-electron chi connectivity index (χ2n) is 6.25. The van der Waals surface area contributed by atoms with Gasteiger partial charge in [-0.15, -0.1) is 0 Å². The summed E-state index contributed by atoms with van der Waals surface area (Å²) in [7, 11) is 0. The van der Waals surface area contributed by atoms with Crippen LogP contribution in [-0.2, 0) is 4.79 Å². The number of carbonyl (C=O) groups is 2. The lowest BCUT2D eigenvalue weighted by Crippen LogP contribution is -2.48. The molecule has 1 aliphatic rings. The third-order valence-corrected chi connectivity index (χ3v) is 3.84. The molecule has 6 nitrogen and oxygen atoms in total. The van der Waals surface area contributed by atoms with Crippen LogP contribution in [0.2, 0.25) is 0 Å². The van der Waals surface area contributed by atoms with E-state index >= 15 is 0 Å². The van der Waals surface area contributed by atoms with E-state index in [1.54, 1.807) is 24.0 Å². The van der Waals surface area contributed by atoms with E-state index < -0.39 is 11.4 Å². The smallest absolute Gasteiger partial charge is 0.311 e. The Kier molecular flexibility index (Phi) is 4.68. The van der Waals surface area contributed by atoms with E-state index in [1.807, 2.05) is 13.8 Å². The Labute approximate surface area is 130 Å². The van der Waals surface area contributed by atoms with E-state index in [4.69, 9.17) is 4.74 Å². The minimum atomic E-state index is -0.873. The zero-order valence-corrected chi connectivity index (χ0v) is 13.2. The normalized spacial score (nSPS) is 21.7. The third-order valence-electron chi connectivity index (χ3n) is 3.84. The van der Waals surface area contributed by atoms with Crippen molar-refractivity contribution in [1.82, 2.24) is 9.88 Å². The predicted octanol–water partition coefficient (Wildman–Crippen LogP) is 2.20. The first-order valence-corrected chi connectivity index (χ1v) is 7.47. The maximum absolute atomic E-state index is 12.5. The molecule has 2 heterocycles. The number of carbonyl (C=O) groups excluding carboxylic acids is 1. The summed E-state index contributed by atoms with van der Waals surface area (Å²) in [5, 5.41) is 9.32. The minimum Gasteiger partial charge on any atom is -0.481 e. The second-order valence-corrected chi connectivity index (χ2v) is 6.25. The average molecular weight is 306 g/mol. The summed E-state index contributed by atoms with van der Waals surface area (Å²) in [5.41, 5.74) is -0.423. The first-order valence-electron chi connectivity index (χ1n) is 7.47. The van der Waals surface area contributed by atoms with Gasteiger partial charge in [0.1, 0.15) is 0 Å². The van der Waals surface area contributed by atoms with Crippen molar-refractivity contribution in [3.63, 3.8) is 0 Å². The fourth-order valence-electron chi connectivity index (χ4n) is 2.59. The Morgan fingerprint density at radius 3 is 2.68 bits per heavy atom. The van der Waals surface area contributed by atoms with E-state index in [1.165, 1.54) is 6.20 Å². The number of likely N-dealkylation sites (tertiary alicyclic amines) is 1. The lowest BCUT2D eigenvalue weighted by molar-refractivity contribution is -0.150. The Balaban J connectivity index is 2.09. The van der Waals surface area contributed by atoms with Crippen molar-refractivity contribution in [2.45, 2.75) is 39.7 Å². The number of carboxylic acids is 1. The van der Waals surface area contributed by atoms with Gasteiger partial charge in [0, 0.05) is 25.4 Å². The molecule has 0 aliphatic carbocycles. The molecule has 2 rings (SSSR count). The van der Waals surface area contributed by atoms with Crippen molar-refractivity contribution in [2.75, 3.05) is 13.1 Å². The summed E-state index contributed by atoms with van der Waals surface area (Å²) < 4.78 is 5.45. The van der Waals surface area contributed by atoms with Crippen molar-refractivity contribution in [2.24, 2.45) is 5.41 Å². The summed E-state index contributed by atoms with van der Waals surface area (Å²) in [6.45, 7) is 6.30. The van der Waals surface area contributed by atoms with Gasteiger partial charge in [-0.2, -0.15) is 0 Å². The molecule has 1 N–H and O–H groups in total. The molecule has 1 aliphatic heterocycles. The molecular weight excluding hydrogens is 284 g/mol. The molecule has 1 atom stereocenters. The topological polar surface area (TPSA) is 79.7 Å². The molecule has 1 saturated heterocycles. The van der Waals surface area contributed by atoms with E-state index in [0.29, 0.717) is 30.8 Å². The zero-order chi connectivity index (χ0) is 16.3. The Morgan fingerprint density at radius 2 is 2.14 bits per heavy atom. The SMILES string of the molecule is CC(C)Oc1ccc(C(=O)N2CCCC(C)(C(=O)O)C2)cn1. The van der Waals surface area contributed by atoms with Crippen LogP contribution in [0.4, 0.5) is 0 Å². The van der Waals surface area contributed by atoms with Gasteiger partial charge in [0.05, 0.1) is 17.1 Å². The van der Waals surface area contributed by atoms with E-state index in [9.17, 15) is 14.7 Å². The molecule has 1 unspecified atom stereocenters. The predicted molar refractivity (Wildman–Crippen MR) is 80.9 cm³/mol. The second kappa shape index (κ2) is 6.34. The van der Waals surface area contributed by atoms with Gasteiger partial charge in [-0.1, -0.05) is 0 Å². The Morgan fingerprint density at radius 1 is 1.41 bits per heavy atom. The average Bonchev–Trinajstić information content (AvgIpc) is 2.46. The third kappa shape index (κ3) is 3.55. The summed E-state index contributed by atoms with van der Waals surface area (Å²) in [6, 6.07) is 3.33. The quantitative estimate of drug-likeness (QED) is 0.922. The number of aromatic nitrogens is 1. The minimum absolute atomic E-state index is 0.0208. The van der Waals surface area contributed by atoms with Crippen LogP contribution < -0.4 is 4.74 Å². The number of amides is 1. The van der Waals surface area contributed by atoms with Crippen LogP contribution >= 0.6 is 0 Å². The van der Waals surface area contributed by atoms with Crippen LogP contribution in [0, 0.1) is 5.41 Å². The molecule has 22 heavy (non-hydrogen) atoms. The molecule has 120 valence electrons. The number of carboxylic acid groups (broad SMARTS) is 1. The first-order chi connectivity index (χ1) is 10.3. The molecule has 1 aromatic heterocycles. The molecule has 1 amide bonds. The number of hydrogen-bond donors (Lipinski definition) is 1. The highest BCUT2D eigenvalue weighted by atomic mass is 16.5. The van der Waals surface area contributed by atoms with Crippen LogP contribution in [0.5, 0.6) is 5.88 Å². The summed E-state index contributed by atoms with van der Waals surface area (Å²) in [4.78, 5) is 29.6. The molecule has 0 bridgehead atoms. The summed E-state index contributed by atoms with van der Waals surface area (Å²) in [6.07, 6.45) is 2.78. The number of ether oxygens (including phenoxy) is 1. The van der Waals surface area contributed by atoms with Gasteiger partial charge in [0.25, 0.3) is 5.91 Å². The van der Waals surface area contributed by atoms with Crippen molar-refractivity contribution in [3.05, 3.63) is 23.9 Å². The van der Waals surface area contributed by atoms with Crippen LogP contribution in [0.3, 0.4) is 0 Å². The first kappa shape index (κ1) is 16.3. The van der Waals surface area contributed by atoms with Gasteiger partial charge in [0.2, 0.25) is 5.88 Å². The lowest BCUT2D eigenvalue weighted by Gasteiger charge is -2.37. The molecule has 1 fully saturated rings. The number of pyridine rings is 1. The summed E-state index contributed by atoms with van der Waals surface area (Å²) in [5.74, 6) is -0.569. The van der Waals surface area contributed by atoms with E-state index in [2.05, 4.69) is 4.98 Å². The summed E-state index contributed by atoms with van der Waals surface area (Å²) >= 11 is 0. The molecule has 0 saturated carbocycles. The van der Waals surface area contributed by atoms with Crippen molar-refractivity contribution >= 4 is 11.9 Å². The number of aliphatic carboxylic acids is 1. The van der Waals surface area contributed by atoms with E-state index in [-0.39, 0.29) is 18.6 Å². The van der Waals surface area contributed by atoms with Gasteiger partial charge in [-0.3, -0.25) is 9.59 Å². The van der Waals surface area contributed by atoms with Crippen molar-refractivity contribution in [3.8, 4) is 5.88 Å². The molecule has 6 heteroatoms. The highest BCUT2D eigenvalue weighted by Crippen LogP contribution is 2.30. The molecular formula is C16H22N2O4. The van der Waals surface area contributed by atoms with Crippen molar-refractivity contribution < 1.29 is 19.4 Å². The highest BCUT2D eigenvalue weighted by molar-refractivity contribution is 5.94. The zero-order valence-electron chi connectivity index (χ0n) is 13.2. The molecule has 0 spiro atoms. The molecule has 0 aromatic carbocycles. The molecule has 1 aromatic rings. The Hall–Kier alpha value is -2.11. The maximum atomic E-state index is 12.5. The van der Waals surface area contributed by atoms with Gasteiger partial charge in [0.15, 0.2) is 0 Å². The van der Waals surface area contributed by atoms with Crippen LogP contribution in [0.25, 0.3) is 0 Å². The monoisotopic (exact) mass is 306 g/mol. The number of rotatable bonds is 4. The van der Waals surface area contributed by atoms with Crippen molar-refractivity contribution in [1.29, 1.82) is 0 Å². The molecule has 0 radical (unpaired) electrons.